The van der Waals surface area contributed by atoms with E-state index in [1.165, 1.54) is 11.0 Å². The molecule has 0 radical (unpaired) electrons. The van der Waals surface area contributed by atoms with Crippen molar-refractivity contribution in [2.75, 3.05) is 6.54 Å². The summed E-state index contributed by atoms with van der Waals surface area (Å²) in [7, 11) is 0. The molecule has 184 valence electrons. The molecule has 0 heterocycles. The van der Waals surface area contributed by atoms with Crippen molar-refractivity contribution in [2.24, 2.45) is 0 Å². The van der Waals surface area contributed by atoms with E-state index in [1.807, 2.05) is 37.3 Å². The smallest absolute Gasteiger partial charge is 0.243 e. The van der Waals surface area contributed by atoms with Gasteiger partial charge in [-0.3, -0.25) is 9.59 Å². The normalized spacial score (nSPS) is 11.7. The second-order valence-electron chi connectivity index (χ2n) is 8.38. The summed E-state index contributed by atoms with van der Waals surface area (Å²) in [6, 6.07) is 19.9. The number of unbranched alkanes of at least 4 members (excludes halogenated alkanes) is 1. The van der Waals surface area contributed by atoms with Gasteiger partial charge in [-0.15, -0.1) is 0 Å². The fraction of sp³-hybridized carbons (Fsp3) is 0.286. The van der Waals surface area contributed by atoms with Crippen LogP contribution in [0.4, 0.5) is 4.39 Å². The quantitative estimate of drug-likeness (QED) is 0.308. The Balaban J connectivity index is 1.97. The lowest BCUT2D eigenvalue weighted by molar-refractivity contribution is -0.140. The number of amides is 2. The molecule has 0 bridgehead atoms. The van der Waals surface area contributed by atoms with Gasteiger partial charge in [-0.25, -0.2) is 4.39 Å². The van der Waals surface area contributed by atoms with Crippen LogP contribution in [0.2, 0.25) is 10.0 Å². The monoisotopic (exact) mass is 514 g/mol. The zero-order chi connectivity index (χ0) is 25.2. The van der Waals surface area contributed by atoms with Crippen LogP contribution in [-0.4, -0.2) is 29.3 Å². The molecule has 4 nitrogen and oxygen atoms in total. The molecule has 3 rings (SSSR count). The predicted molar refractivity (Wildman–Crippen MR) is 139 cm³/mol. The number of carbonyl (C=O) groups is 2. The number of benzene rings is 3. The number of hydrogen-bond donors (Lipinski definition) is 1. The van der Waals surface area contributed by atoms with Gasteiger partial charge in [0.15, 0.2) is 0 Å². The van der Waals surface area contributed by atoms with Gasteiger partial charge < -0.3 is 10.2 Å². The first kappa shape index (κ1) is 26.7. The lowest BCUT2D eigenvalue weighted by Gasteiger charge is -2.32. The topological polar surface area (TPSA) is 49.4 Å². The van der Waals surface area contributed by atoms with E-state index in [9.17, 15) is 14.0 Å². The molecule has 3 aromatic carbocycles. The Morgan fingerprint density at radius 3 is 2.37 bits per heavy atom. The van der Waals surface area contributed by atoms with Crippen molar-refractivity contribution in [3.63, 3.8) is 0 Å². The van der Waals surface area contributed by atoms with Crippen LogP contribution in [0.25, 0.3) is 0 Å². The van der Waals surface area contributed by atoms with Crippen molar-refractivity contribution < 1.29 is 14.0 Å². The third kappa shape index (κ3) is 7.81. The molecule has 0 aliphatic carbocycles. The van der Waals surface area contributed by atoms with Gasteiger partial charge in [0.2, 0.25) is 11.8 Å². The maximum absolute atomic E-state index is 14.6. The minimum absolute atomic E-state index is 0.0437. The van der Waals surface area contributed by atoms with E-state index in [1.54, 1.807) is 36.4 Å². The highest BCUT2D eigenvalue weighted by Gasteiger charge is 2.31. The second kappa shape index (κ2) is 13.3. The van der Waals surface area contributed by atoms with Crippen molar-refractivity contribution in [3.05, 3.63) is 105 Å². The molecule has 35 heavy (non-hydrogen) atoms. The molecule has 0 fully saturated rings. The highest BCUT2D eigenvalue weighted by Crippen LogP contribution is 2.24. The highest BCUT2D eigenvalue weighted by atomic mass is 35.5. The Bertz CT molecular complexity index is 1140. The summed E-state index contributed by atoms with van der Waals surface area (Å²) >= 11 is 12.3. The van der Waals surface area contributed by atoms with Gasteiger partial charge in [0, 0.05) is 35.1 Å². The number of rotatable bonds is 11. The van der Waals surface area contributed by atoms with Gasteiger partial charge in [-0.1, -0.05) is 91.1 Å². The highest BCUT2D eigenvalue weighted by molar-refractivity contribution is 6.35. The fourth-order valence-corrected chi connectivity index (χ4v) is 4.28. The van der Waals surface area contributed by atoms with Gasteiger partial charge in [0.1, 0.15) is 11.9 Å². The Hall–Kier alpha value is -2.89. The van der Waals surface area contributed by atoms with E-state index >= 15 is 0 Å². The standard InChI is InChI=1S/C28H29Cl2FN2O2/c1-2-3-15-32-28(35)26(16-20-9-5-4-6-10-20)33(19-22-11-7-8-12-25(22)31)27(34)17-21-13-14-23(29)18-24(21)30/h4-14,18,26H,2-3,15-17,19H2,1H3,(H,32,35)/t26-/m0/s1. The van der Waals surface area contributed by atoms with Gasteiger partial charge in [-0.05, 0) is 35.7 Å². The average molecular weight is 515 g/mol. The first-order chi connectivity index (χ1) is 16.9. The van der Waals surface area contributed by atoms with E-state index in [0.717, 1.165) is 18.4 Å². The summed E-state index contributed by atoms with van der Waals surface area (Å²) in [5, 5.41) is 3.78. The molecule has 3 aromatic rings. The van der Waals surface area contributed by atoms with E-state index < -0.39 is 11.9 Å². The Morgan fingerprint density at radius 2 is 1.69 bits per heavy atom. The third-order valence-electron chi connectivity index (χ3n) is 5.76. The molecule has 0 spiro atoms. The van der Waals surface area contributed by atoms with Crippen molar-refractivity contribution in [1.82, 2.24) is 10.2 Å². The van der Waals surface area contributed by atoms with Crippen LogP contribution in [0.3, 0.4) is 0 Å². The zero-order valence-electron chi connectivity index (χ0n) is 19.6. The number of carbonyl (C=O) groups excluding carboxylic acids is 2. The lowest BCUT2D eigenvalue weighted by atomic mass is 10.0. The molecule has 7 heteroatoms. The van der Waals surface area contributed by atoms with Crippen LogP contribution in [0.15, 0.2) is 72.8 Å². The lowest BCUT2D eigenvalue weighted by Crippen LogP contribution is -2.51. The maximum atomic E-state index is 14.6. The number of halogens is 3. The molecule has 0 saturated heterocycles. The van der Waals surface area contributed by atoms with Crippen LogP contribution >= 0.6 is 23.2 Å². The molecule has 1 N–H and O–H groups in total. The van der Waals surface area contributed by atoms with E-state index in [2.05, 4.69) is 5.32 Å². The van der Waals surface area contributed by atoms with Gasteiger partial charge in [0.25, 0.3) is 0 Å². The second-order valence-corrected chi connectivity index (χ2v) is 9.22. The summed E-state index contributed by atoms with van der Waals surface area (Å²) in [5.41, 5.74) is 1.82. The van der Waals surface area contributed by atoms with Crippen molar-refractivity contribution in [2.45, 2.75) is 45.2 Å². The largest absolute Gasteiger partial charge is 0.354 e. The minimum Gasteiger partial charge on any atom is -0.354 e. The SMILES string of the molecule is CCCCNC(=O)[C@H](Cc1ccccc1)N(Cc1ccccc1F)C(=O)Cc1ccc(Cl)cc1Cl. The van der Waals surface area contributed by atoms with Crippen molar-refractivity contribution in [1.29, 1.82) is 0 Å². The molecule has 0 aliphatic heterocycles. The Kier molecular flexibility index (Phi) is 10.1. The fourth-order valence-electron chi connectivity index (χ4n) is 3.80. The molecule has 0 aliphatic rings. The summed E-state index contributed by atoms with van der Waals surface area (Å²) in [4.78, 5) is 28.5. The van der Waals surface area contributed by atoms with Crippen LogP contribution < -0.4 is 5.32 Å². The Morgan fingerprint density at radius 1 is 0.971 bits per heavy atom. The van der Waals surface area contributed by atoms with Crippen molar-refractivity contribution >= 4 is 35.0 Å². The summed E-state index contributed by atoms with van der Waals surface area (Å²) in [6.45, 7) is 2.50. The third-order valence-corrected chi connectivity index (χ3v) is 6.34. The molecule has 1 atom stereocenters. The van der Waals surface area contributed by atoms with E-state index in [-0.39, 0.29) is 24.8 Å². The first-order valence-electron chi connectivity index (χ1n) is 11.7. The first-order valence-corrected chi connectivity index (χ1v) is 12.4. The molecule has 0 saturated carbocycles. The summed E-state index contributed by atoms with van der Waals surface area (Å²) in [5.74, 6) is -1.03. The predicted octanol–water partition coefficient (Wildman–Crippen LogP) is 6.23. The van der Waals surface area contributed by atoms with Crippen LogP contribution in [0.5, 0.6) is 0 Å². The number of nitrogens with zero attached hydrogens (tertiary/aromatic N) is 1. The van der Waals surface area contributed by atoms with Gasteiger partial charge >= 0.3 is 0 Å². The van der Waals surface area contributed by atoms with Crippen LogP contribution in [-0.2, 0) is 29.0 Å². The number of nitrogens with one attached hydrogen (secondary N) is 1. The van der Waals surface area contributed by atoms with E-state index in [0.29, 0.717) is 34.1 Å². The number of hydrogen-bond acceptors (Lipinski definition) is 2. The Labute approximate surface area is 216 Å². The van der Waals surface area contributed by atoms with Gasteiger partial charge in [-0.2, -0.15) is 0 Å². The average Bonchev–Trinajstić information content (AvgIpc) is 2.84. The van der Waals surface area contributed by atoms with Crippen molar-refractivity contribution in [3.8, 4) is 0 Å². The van der Waals surface area contributed by atoms with Crippen LogP contribution in [0, 0.1) is 5.82 Å². The minimum atomic E-state index is -0.826. The maximum Gasteiger partial charge on any atom is 0.243 e. The zero-order valence-corrected chi connectivity index (χ0v) is 21.2. The molecular weight excluding hydrogens is 486 g/mol. The molecule has 0 unspecified atom stereocenters. The summed E-state index contributed by atoms with van der Waals surface area (Å²) < 4.78 is 14.6. The molecule has 0 aromatic heterocycles. The van der Waals surface area contributed by atoms with E-state index in [4.69, 9.17) is 23.2 Å². The summed E-state index contributed by atoms with van der Waals surface area (Å²) in [6.07, 6.45) is 2.01. The van der Waals surface area contributed by atoms with Crippen LogP contribution in [0.1, 0.15) is 36.5 Å². The molecular formula is C28H29Cl2FN2O2. The molecule has 2 amide bonds. The van der Waals surface area contributed by atoms with Gasteiger partial charge in [0.05, 0.1) is 6.42 Å².